The summed E-state index contributed by atoms with van der Waals surface area (Å²) in [4.78, 5) is 10.7. The van der Waals surface area contributed by atoms with Crippen molar-refractivity contribution in [2.45, 2.75) is 26.7 Å². The molecule has 0 fully saturated rings. The molecule has 0 spiro atoms. The van der Waals surface area contributed by atoms with Gasteiger partial charge in [-0.25, -0.2) is 0 Å². The van der Waals surface area contributed by atoms with E-state index >= 15 is 0 Å². The van der Waals surface area contributed by atoms with Gasteiger partial charge in [0.25, 0.3) is 0 Å². The summed E-state index contributed by atoms with van der Waals surface area (Å²) in [7, 11) is 0. The van der Waals surface area contributed by atoms with Gasteiger partial charge < -0.3 is 0 Å². The van der Waals surface area contributed by atoms with Crippen LogP contribution in [-0.4, -0.2) is 5.78 Å². The average molecular weight is 188 g/mol. The molecule has 14 heavy (non-hydrogen) atoms. The van der Waals surface area contributed by atoms with Crippen LogP contribution in [0.25, 0.3) is 6.08 Å². The fourth-order valence-electron chi connectivity index (χ4n) is 1.30. The molecule has 0 bridgehead atoms. The average Bonchev–Trinajstić information content (AvgIpc) is 2.17. The molecule has 0 amide bonds. The van der Waals surface area contributed by atoms with E-state index in [1.54, 1.807) is 13.0 Å². The highest BCUT2D eigenvalue weighted by atomic mass is 16.1. The number of rotatable bonds is 4. The molecule has 0 aliphatic rings. The summed E-state index contributed by atoms with van der Waals surface area (Å²) in [6, 6.07) is 8.32. The molecule has 0 aromatic heterocycles. The van der Waals surface area contributed by atoms with Gasteiger partial charge in [-0.05, 0) is 30.5 Å². The Morgan fingerprint density at radius 3 is 2.43 bits per heavy atom. The predicted molar refractivity (Wildman–Crippen MR) is 60.2 cm³/mol. The van der Waals surface area contributed by atoms with Crippen LogP contribution in [0.5, 0.6) is 0 Å². The van der Waals surface area contributed by atoms with Gasteiger partial charge in [0.15, 0.2) is 5.78 Å². The quantitative estimate of drug-likeness (QED) is 0.663. The summed E-state index contributed by atoms with van der Waals surface area (Å²) in [6.45, 7) is 3.73. The topological polar surface area (TPSA) is 17.1 Å². The maximum Gasteiger partial charge on any atom is 0.152 e. The zero-order chi connectivity index (χ0) is 10.4. The zero-order valence-electron chi connectivity index (χ0n) is 8.79. The van der Waals surface area contributed by atoms with Crippen molar-refractivity contribution in [2.24, 2.45) is 0 Å². The minimum atomic E-state index is 0.0858. The van der Waals surface area contributed by atoms with Crippen LogP contribution in [0.2, 0.25) is 0 Å². The van der Waals surface area contributed by atoms with E-state index in [2.05, 4.69) is 19.1 Å². The van der Waals surface area contributed by atoms with Gasteiger partial charge in [-0.15, -0.1) is 0 Å². The van der Waals surface area contributed by atoms with Crippen molar-refractivity contribution in [3.63, 3.8) is 0 Å². The SMILES string of the molecule is CCCc1ccc(/C=C/C(C)=O)cc1. The number of carbonyl (C=O) groups is 1. The van der Waals surface area contributed by atoms with E-state index in [0.717, 1.165) is 12.0 Å². The van der Waals surface area contributed by atoms with Crippen molar-refractivity contribution in [3.8, 4) is 0 Å². The first kappa shape index (κ1) is 10.7. The Hall–Kier alpha value is -1.37. The molecule has 0 N–H and O–H groups in total. The van der Waals surface area contributed by atoms with Crippen molar-refractivity contribution in [1.82, 2.24) is 0 Å². The molecule has 1 nitrogen and oxygen atoms in total. The van der Waals surface area contributed by atoms with Gasteiger partial charge in [0.05, 0.1) is 0 Å². The van der Waals surface area contributed by atoms with Crippen molar-refractivity contribution < 1.29 is 4.79 Å². The summed E-state index contributed by atoms with van der Waals surface area (Å²) in [5.41, 5.74) is 2.44. The summed E-state index contributed by atoms with van der Waals surface area (Å²) in [5.74, 6) is 0.0858. The van der Waals surface area contributed by atoms with Gasteiger partial charge in [0.1, 0.15) is 0 Å². The fraction of sp³-hybridized carbons (Fsp3) is 0.308. The van der Waals surface area contributed by atoms with E-state index in [0.29, 0.717) is 0 Å². The summed E-state index contributed by atoms with van der Waals surface area (Å²) >= 11 is 0. The molecule has 1 aromatic rings. The Balaban J connectivity index is 2.68. The Morgan fingerprint density at radius 2 is 1.93 bits per heavy atom. The third kappa shape index (κ3) is 3.56. The lowest BCUT2D eigenvalue weighted by Crippen LogP contribution is -1.83. The Labute approximate surface area is 85.5 Å². The van der Waals surface area contributed by atoms with Crippen LogP contribution in [0.15, 0.2) is 30.3 Å². The van der Waals surface area contributed by atoms with E-state index in [4.69, 9.17) is 0 Å². The second kappa shape index (κ2) is 5.38. The second-order valence-corrected chi connectivity index (χ2v) is 3.44. The van der Waals surface area contributed by atoms with Crippen LogP contribution >= 0.6 is 0 Å². The van der Waals surface area contributed by atoms with Crippen molar-refractivity contribution >= 4 is 11.9 Å². The molecule has 0 saturated carbocycles. The van der Waals surface area contributed by atoms with E-state index in [1.807, 2.05) is 18.2 Å². The van der Waals surface area contributed by atoms with Crippen LogP contribution < -0.4 is 0 Å². The van der Waals surface area contributed by atoms with Crippen LogP contribution in [0.4, 0.5) is 0 Å². The smallest absolute Gasteiger partial charge is 0.152 e. The second-order valence-electron chi connectivity index (χ2n) is 3.44. The maximum absolute atomic E-state index is 10.7. The molecule has 0 saturated heterocycles. The lowest BCUT2D eigenvalue weighted by atomic mass is 10.1. The monoisotopic (exact) mass is 188 g/mol. The molecule has 0 unspecified atom stereocenters. The highest BCUT2D eigenvalue weighted by molar-refractivity contribution is 5.91. The first-order valence-electron chi connectivity index (χ1n) is 5.00. The Bertz CT molecular complexity index is 320. The number of hydrogen-bond acceptors (Lipinski definition) is 1. The predicted octanol–water partition coefficient (Wildman–Crippen LogP) is 3.24. The number of ketones is 1. The third-order valence-electron chi connectivity index (χ3n) is 2.03. The van der Waals surface area contributed by atoms with E-state index in [1.165, 1.54) is 12.0 Å². The zero-order valence-corrected chi connectivity index (χ0v) is 8.79. The number of allylic oxidation sites excluding steroid dienone is 1. The number of aryl methyl sites for hydroxylation is 1. The molecule has 1 rings (SSSR count). The van der Waals surface area contributed by atoms with Crippen LogP contribution in [0.3, 0.4) is 0 Å². The molecule has 0 heterocycles. The molecule has 74 valence electrons. The molecule has 1 heteroatoms. The minimum Gasteiger partial charge on any atom is -0.295 e. The summed E-state index contributed by atoms with van der Waals surface area (Å²) in [5, 5.41) is 0. The lowest BCUT2D eigenvalue weighted by Gasteiger charge is -1.98. The molecular formula is C13H16O. The van der Waals surface area contributed by atoms with Gasteiger partial charge in [0.2, 0.25) is 0 Å². The molecule has 0 atom stereocenters. The van der Waals surface area contributed by atoms with Gasteiger partial charge in [0, 0.05) is 0 Å². The summed E-state index contributed by atoms with van der Waals surface area (Å²) in [6.07, 6.45) is 5.73. The van der Waals surface area contributed by atoms with Gasteiger partial charge in [-0.1, -0.05) is 43.7 Å². The van der Waals surface area contributed by atoms with Crippen molar-refractivity contribution in [3.05, 3.63) is 41.5 Å². The summed E-state index contributed by atoms with van der Waals surface area (Å²) < 4.78 is 0. The van der Waals surface area contributed by atoms with E-state index in [9.17, 15) is 4.79 Å². The maximum atomic E-state index is 10.7. The molecular weight excluding hydrogens is 172 g/mol. The van der Waals surface area contributed by atoms with Crippen molar-refractivity contribution in [2.75, 3.05) is 0 Å². The number of carbonyl (C=O) groups excluding carboxylic acids is 1. The van der Waals surface area contributed by atoms with Gasteiger partial charge >= 0.3 is 0 Å². The highest BCUT2D eigenvalue weighted by Gasteiger charge is 1.91. The van der Waals surface area contributed by atoms with Crippen LogP contribution in [-0.2, 0) is 11.2 Å². The van der Waals surface area contributed by atoms with Crippen LogP contribution in [0.1, 0.15) is 31.4 Å². The molecule has 0 radical (unpaired) electrons. The van der Waals surface area contributed by atoms with Crippen molar-refractivity contribution in [1.29, 1.82) is 0 Å². The first-order chi connectivity index (χ1) is 6.72. The third-order valence-corrected chi connectivity index (χ3v) is 2.03. The van der Waals surface area contributed by atoms with E-state index < -0.39 is 0 Å². The van der Waals surface area contributed by atoms with Crippen LogP contribution in [0, 0.1) is 0 Å². The first-order valence-corrected chi connectivity index (χ1v) is 5.00. The Kier molecular flexibility index (Phi) is 4.11. The standard InChI is InChI=1S/C13H16O/c1-3-4-12-7-9-13(10-8-12)6-5-11(2)14/h5-10H,3-4H2,1-2H3/b6-5+. The molecule has 1 aromatic carbocycles. The number of benzene rings is 1. The fourth-order valence-corrected chi connectivity index (χ4v) is 1.30. The number of hydrogen-bond donors (Lipinski definition) is 0. The highest BCUT2D eigenvalue weighted by Crippen LogP contribution is 2.07. The van der Waals surface area contributed by atoms with E-state index in [-0.39, 0.29) is 5.78 Å². The lowest BCUT2D eigenvalue weighted by molar-refractivity contribution is -0.112. The minimum absolute atomic E-state index is 0.0858. The van der Waals surface area contributed by atoms with Gasteiger partial charge in [-0.3, -0.25) is 4.79 Å². The molecule has 0 aliphatic heterocycles. The molecule has 0 aliphatic carbocycles. The normalized spacial score (nSPS) is 10.7. The largest absolute Gasteiger partial charge is 0.295 e. The Morgan fingerprint density at radius 1 is 1.29 bits per heavy atom. The van der Waals surface area contributed by atoms with Gasteiger partial charge in [-0.2, -0.15) is 0 Å².